The third-order valence-corrected chi connectivity index (χ3v) is 4.11. The molecule has 1 aromatic heterocycles. The van der Waals surface area contributed by atoms with Gasteiger partial charge in [0.15, 0.2) is 0 Å². The second-order valence-electron chi connectivity index (χ2n) is 3.62. The van der Waals surface area contributed by atoms with Crippen molar-refractivity contribution in [3.8, 4) is 0 Å². The molecule has 1 aliphatic rings. The van der Waals surface area contributed by atoms with Gasteiger partial charge in [0, 0.05) is 0 Å². The van der Waals surface area contributed by atoms with Gasteiger partial charge in [-0.3, -0.25) is 0 Å². The zero-order valence-electron chi connectivity index (χ0n) is 7.80. The van der Waals surface area contributed by atoms with Crippen LogP contribution in [0.5, 0.6) is 0 Å². The van der Waals surface area contributed by atoms with E-state index in [0.717, 1.165) is 25.9 Å². The van der Waals surface area contributed by atoms with Crippen molar-refractivity contribution in [3.05, 3.63) is 21.3 Å². The summed E-state index contributed by atoms with van der Waals surface area (Å²) in [7, 11) is 0. The molecule has 1 atom stereocenters. The highest BCUT2D eigenvalue weighted by Gasteiger charge is 2.26. The van der Waals surface area contributed by atoms with Gasteiger partial charge in [-0.25, -0.2) is 4.39 Å². The molecule has 0 aliphatic carbocycles. The number of halogens is 2. The molecule has 2 heterocycles. The normalized spacial score (nSPS) is 21.0. The topological polar surface area (TPSA) is 12.0 Å². The molecular formula is C10H13ClFNS. The van der Waals surface area contributed by atoms with Crippen molar-refractivity contribution in [2.24, 2.45) is 5.92 Å². The minimum Gasteiger partial charge on any atom is -0.317 e. The van der Waals surface area contributed by atoms with Crippen molar-refractivity contribution < 1.29 is 4.39 Å². The van der Waals surface area contributed by atoms with Crippen LogP contribution >= 0.6 is 22.9 Å². The van der Waals surface area contributed by atoms with Crippen LogP contribution in [0.15, 0.2) is 11.4 Å². The molecule has 0 amide bonds. The maximum absolute atomic E-state index is 14.0. The van der Waals surface area contributed by atoms with Crippen LogP contribution in [0.3, 0.4) is 0 Å². The van der Waals surface area contributed by atoms with Crippen molar-refractivity contribution in [2.45, 2.75) is 19.0 Å². The Kier molecular flexibility index (Phi) is 3.42. The average Bonchev–Trinajstić information content (AvgIpc) is 2.65. The van der Waals surface area contributed by atoms with Crippen LogP contribution in [-0.4, -0.2) is 13.1 Å². The number of nitrogens with one attached hydrogen (secondary N) is 1. The quantitative estimate of drug-likeness (QED) is 0.826. The molecule has 1 unspecified atom stereocenters. The fraction of sp³-hybridized carbons (Fsp3) is 0.600. The number of thiophene rings is 1. The Morgan fingerprint density at radius 1 is 1.50 bits per heavy atom. The van der Waals surface area contributed by atoms with Gasteiger partial charge in [0.25, 0.3) is 0 Å². The van der Waals surface area contributed by atoms with E-state index in [1.807, 2.05) is 5.38 Å². The first-order valence-electron chi connectivity index (χ1n) is 4.86. The van der Waals surface area contributed by atoms with Crippen molar-refractivity contribution in [1.29, 1.82) is 0 Å². The fourth-order valence-electron chi connectivity index (χ4n) is 1.85. The molecule has 1 nitrogen and oxygen atoms in total. The van der Waals surface area contributed by atoms with Gasteiger partial charge in [0.05, 0.1) is 9.90 Å². The average molecular weight is 234 g/mol. The van der Waals surface area contributed by atoms with Crippen LogP contribution in [0, 0.1) is 5.92 Å². The van der Waals surface area contributed by atoms with Gasteiger partial charge >= 0.3 is 0 Å². The van der Waals surface area contributed by atoms with Crippen LogP contribution < -0.4 is 5.32 Å². The molecule has 1 fully saturated rings. The number of hydrogen-bond donors (Lipinski definition) is 1. The van der Waals surface area contributed by atoms with Gasteiger partial charge in [-0.1, -0.05) is 11.6 Å². The Labute approximate surface area is 92.3 Å². The minimum atomic E-state index is -0.871. The van der Waals surface area contributed by atoms with Crippen LogP contribution in [-0.2, 0) is 0 Å². The summed E-state index contributed by atoms with van der Waals surface area (Å²) in [5.74, 6) is 0.146. The summed E-state index contributed by atoms with van der Waals surface area (Å²) in [6, 6.07) is 1.77. The van der Waals surface area contributed by atoms with E-state index in [1.54, 1.807) is 6.07 Å². The Hall–Kier alpha value is -0.120. The standard InChI is InChI=1S/C10H13ClFNS/c11-8-3-6-14-10(8)9(12)7-1-4-13-5-2-7/h3,6-7,9,13H,1-2,4-5H2. The van der Waals surface area contributed by atoms with Crippen LogP contribution in [0.25, 0.3) is 0 Å². The van der Waals surface area contributed by atoms with E-state index in [4.69, 9.17) is 11.6 Å². The lowest BCUT2D eigenvalue weighted by Gasteiger charge is -2.25. The minimum absolute atomic E-state index is 0.146. The summed E-state index contributed by atoms with van der Waals surface area (Å²) in [6.45, 7) is 1.85. The number of alkyl halides is 1. The highest BCUT2D eigenvalue weighted by Crippen LogP contribution is 2.38. The van der Waals surface area contributed by atoms with Crippen LogP contribution in [0.2, 0.25) is 5.02 Å². The van der Waals surface area contributed by atoms with E-state index in [0.29, 0.717) is 9.90 Å². The number of piperidine rings is 1. The van der Waals surface area contributed by atoms with E-state index >= 15 is 0 Å². The van der Waals surface area contributed by atoms with Gasteiger partial charge in [-0.15, -0.1) is 11.3 Å². The summed E-state index contributed by atoms with van der Waals surface area (Å²) in [4.78, 5) is 0.707. The lowest BCUT2D eigenvalue weighted by atomic mass is 9.92. The molecule has 4 heteroatoms. The fourth-order valence-corrected chi connectivity index (χ4v) is 3.08. The molecule has 1 aromatic rings. The predicted molar refractivity (Wildman–Crippen MR) is 58.8 cm³/mol. The third-order valence-electron chi connectivity index (χ3n) is 2.69. The Bertz CT molecular complexity index is 296. The van der Waals surface area contributed by atoms with Gasteiger partial charge in [0.1, 0.15) is 6.17 Å². The maximum atomic E-state index is 14.0. The molecule has 14 heavy (non-hydrogen) atoms. The number of rotatable bonds is 2. The molecular weight excluding hydrogens is 221 g/mol. The zero-order valence-corrected chi connectivity index (χ0v) is 9.37. The SMILES string of the molecule is FC(c1sccc1Cl)C1CCNCC1. The van der Waals surface area contributed by atoms with Crippen molar-refractivity contribution in [3.63, 3.8) is 0 Å². The Balaban J connectivity index is 2.07. The first-order chi connectivity index (χ1) is 6.79. The molecule has 1 N–H and O–H groups in total. The molecule has 0 spiro atoms. The first kappa shape index (κ1) is 10.4. The highest BCUT2D eigenvalue weighted by molar-refractivity contribution is 7.10. The van der Waals surface area contributed by atoms with Gasteiger partial charge in [-0.05, 0) is 43.3 Å². The third kappa shape index (κ3) is 2.10. The first-order valence-corrected chi connectivity index (χ1v) is 6.12. The van der Waals surface area contributed by atoms with E-state index in [2.05, 4.69) is 5.32 Å². The zero-order chi connectivity index (χ0) is 9.97. The lowest BCUT2D eigenvalue weighted by Crippen LogP contribution is -2.29. The maximum Gasteiger partial charge on any atom is 0.139 e. The molecule has 1 saturated heterocycles. The van der Waals surface area contributed by atoms with Crippen molar-refractivity contribution in [2.75, 3.05) is 13.1 Å². The van der Waals surface area contributed by atoms with E-state index in [-0.39, 0.29) is 5.92 Å². The molecule has 0 bridgehead atoms. The van der Waals surface area contributed by atoms with Gasteiger partial charge in [0.2, 0.25) is 0 Å². The van der Waals surface area contributed by atoms with E-state index in [1.165, 1.54) is 11.3 Å². The number of hydrogen-bond acceptors (Lipinski definition) is 2. The van der Waals surface area contributed by atoms with Crippen LogP contribution in [0.4, 0.5) is 4.39 Å². The molecule has 1 aliphatic heterocycles. The predicted octanol–water partition coefficient (Wildman–Crippen LogP) is 3.41. The van der Waals surface area contributed by atoms with Crippen LogP contribution in [0.1, 0.15) is 23.9 Å². The lowest BCUT2D eigenvalue weighted by molar-refractivity contribution is 0.194. The van der Waals surface area contributed by atoms with Gasteiger partial charge in [-0.2, -0.15) is 0 Å². The summed E-state index contributed by atoms with van der Waals surface area (Å²) >= 11 is 7.33. The smallest absolute Gasteiger partial charge is 0.139 e. The molecule has 78 valence electrons. The molecule has 2 rings (SSSR count). The van der Waals surface area contributed by atoms with Gasteiger partial charge < -0.3 is 5.32 Å². The van der Waals surface area contributed by atoms with E-state index < -0.39 is 6.17 Å². The highest BCUT2D eigenvalue weighted by atomic mass is 35.5. The van der Waals surface area contributed by atoms with Crippen molar-refractivity contribution >= 4 is 22.9 Å². The van der Waals surface area contributed by atoms with E-state index in [9.17, 15) is 4.39 Å². The molecule has 0 radical (unpaired) electrons. The Morgan fingerprint density at radius 2 is 2.21 bits per heavy atom. The molecule has 0 saturated carbocycles. The second kappa shape index (κ2) is 4.60. The summed E-state index contributed by atoms with van der Waals surface area (Å²) < 4.78 is 14.0. The summed E-state index contributed by atoms with van der Waals surface area (Å²) in [6.07, 6.45) is 0.953. The second-order valence-corrected chi connectivity index (χ2v) is 4.98. The largest absolute Gasteiger partial charge is 0.317 e. The van der Waals surface area contributed by atoms with Crippen molar-refractivity contribution in [1.82, 2.24) is 5.32 Å². The summed E-state index contributed by atoms with van der Waals surface area (Å²) in [5, 5.41) is 5.67. The monoisotopic (exact) mass is 233 g/mol. The summed E-state index contributed by atoms with van der Waals surface area (Å²) in [5.41, 5.74) is 0. The Morgan fingerprint density at radius 3 is 2.79 bits per heavy atom. The molecule has 0 aromatic carbocycles.